The van der Waals surface area contributed by atoms with E-state index >= 15 is 0 Å². The third-order valence-electron chi connectivity index (χ3n) is 2.89. The van der Waals surface area contributed by atoms with Crippen molar-refractivity contribution in [2.24, 2.45) is 4.99 Å². The van der Waals surface area contributed by atoms with E-state index in [1.807, 2.05) is 23.5 Å². The van der Waals surface area contributed by atoms with E-state index in [-0.39, 0.29) is 0 Å². The van der Waals surface area contributed by atoms with Crippen molar-refractivity contribution in [2.75, 3.05) is 5.75 Å². The van der Waals surface area contributed by atoms with Crippen molar-refractivity contribution in [3.05, 3.63) is 24.3 Å². The molecule has 1 aliphatic heterocycles. The molecule has 0 N–H and O–H groups in total. The highest BCUT2D eigenvalue weighted by Crippen LogP contribution is 2.39. The smallest absolute Gasteiger partial charge is 0.0775 e. The van der Waals surface area contributed by atoms with E-state index in [2.05, 4.69) is 38.1 Å². The predicted molar refractivity (Wildman–Crippen MR) is 85.5 cm³/mol. The van der Waals surface area contributed by atoms with Gasteiger partial charge in [0.2, 0.25) is 0 Å². The number of thioether (sulfide) groups is 2. The van der Waals surface area contributed by atoms with Crippen molar-refractivity contribution in [3.8, 4) is 0 Å². The van der Waals surface area contributed by atoms with Crippen LogP contribution < -0.4 is 0 Å². The van der Waals surface area contributed by atoms with Crippen LogP contribution >= 0.6 is 23.5 Å². The average molecular weight is 279 g/mol. The molecule has 0 saturated carbocycles. The SMILES string of the molecule is CCCSC1=Nc2ccccc2SC(CCC)C1. The van der Waals surface area contributed by atoms with Gasteiger partial charge in [0.15, 0.2) is 0 Å². The van der Waals surface area contributed by atoms with Gasteiger partial charge < -0.3 is 0 Å². The Balaban J connectivity index is 2.21. The van der Waals surface area contributed by atoms with E-state index in [0.29, 0.717) is 5.25 Å². The summed E-state index contributed by atoms with van der Waals surface area (Å²) in [7, 11) is 0. The summed E-state index contributed by atoms with van der Waals surface area (Å²) in [6.07, 6.45) is 4.89. The number of rotatable bonds is 4. The van der Waals surface area contributed by atoms with Crippen molar-refractivity contribution < 1.29 is 0 Å². The van der Waals surface area contributed by atoms with Crippen molar-refractivity contribution >= 4 is 34.3 Å². The highest BCUT2D eigenvalue weighted by Gasteiger charge is 2.19. The molecular formula is C15H21NS2. The molecule has 1 aliphatic rings. The largest absolute Gasteiger partial charge is 0.245 e. The fourth-order valence-corrected chi connectivity index (χ4v) is 4.41. The van der Waals surface area contributed by atoms with Gasteiger partial charge in [0, 0.05) is 16.6 Å². The number of para-hydroxylation sites is 1. The third-order valence-corrected chi connectivity index (χ3v) is 5.43. The van der Waals surface area contributed by atoms with Gasteiger partial charge in [0.1, 0.15) is 0 Å². The second-order valence-electron chi connectivity index (χ2n) is 4.55. The van der Waals surface area contributed by atoms with Crippen LogP contribution in [0.2, 0.25) is 0 Å². The maximum Gasteiger partial charge on any atom is 0.0775 e. The third kappa shape index (κ3) is 3.79. The van der Waals surface area contributed by atoms with Crippen LogP contribution in [-0.2, 0) is 0 Å². The lowest BCUT2D eigenvalue weighted by Crippen LogP contribution is -2.07. The number of nitrogens with zero attached hydrogens (tertiary/aromatic N) is 1. The fraction of sp³-hybridized carbons (Fsp3) is 0.533. The quantitative estimate of drug-likeness (QED) is 0.719. The van der Waals surface area contributed by atoms with Gasteiger partial charge in [-0.3, -0.25) is 0 Å². The molecule has 1 unspecified atom stereocenters. The summed E-state index contributed by atoms with van der Waals surface area (Å²) in [5, 5.41) is 2.02. The molecule has 1 nitrogen and oxygen atoms in total. The zero-order chi connectivity index (χ0) is 12.8. The second kappa shape index (κ2) is 7.25. The van der Waals surface area contributed by atoms with Crippen LogP contribution in [0.1, 0.15) is 39.5 Å². The molecule has 0 fully saturated rings. The Hall–Kier alpha value is -0.410. The molecule has 0 bridgehead atoms. The number of hydrogen-bond donors (Lipinski definition) is 0. The molecule has 1 aromatic rings. The van der Waals surface area contributed by atoms with Gasteiger partial charge in [0.05, 0.1) is 10.7 Å². The van der Waals surface area contributed by atoms with Crippen molar-refractivity contribution in [1.29, 1.82) is 0 Å². The summed E-state index contributed by atoms with van der Waals surface area (Å²) < 4.78 is 0. The van der Waals surface area contributed by atoms with Gasteiger partial charge in [0.25, 0.3) is 0 Å². The zero-order valence-corrected chi connectivity index (χ0v) is 12.8. The topological polar surface area (TPSA) is 12.4 Å². The molecule has 0 saturated heterocycles. The molecule has 98 valence electrons. The summed E-state index contributed by atoms with van der Waals surface area (Å²) in [4.78, 5) is 6.22. The minimum atomic E-state index is 0.696. The van der Waals surface area contributed by atoms with Gasteiger partial charge in [-0.05, 0) is 30.7 Å². The van der Waals surface area contributed by atoms with E-state index in [0.717, 1.165) is 6.42 Å². The van der Waals surface area contributed by atoms with E-state index in [1.165, 1.54) is 40.6 Å². The molecule has 3 heteroatoms. The highest BCUT2D eigenvalue weighted by atomic mass is 32.2. The van der Waals surface area contributed by atoms with Crippen LogP contribution in [-0.4, -0.2) is 16.0 Å². The molecule has 2 rings (SSSR count). The van der Waals surface area contributed by atoms with E-state index in [4.69, 9.17) is 4.99 Å². The second-order valence-corrected chi connectivity index (χ2v) is 7.06. The minimum Gasteiger partial charge on any atom is -0.245 e. The van der Waals surface area contributed by atoms with Crippen LogP contribution in [0, 0.1) is 0 Å². The average Bonchev–Trinajstić information content (AvgIpc) is 2.55. The lowest BCUT2D eigenvalue weighted by Gasteiger charge is -2.13. The number of benzene rings is 1. The molecule has 1 heterocycles. The Kier molecular flexibility index (Phi) is 5.64. The van der Waals surface area contributed by atoms with E-state index < -0.39 is 0 Å². The summed E-state index contributed by atoms with van der Waals surface area (Å²) in [6, 6.07) is 8.56. The first kappa shape index (κ1) is 14.0. The summed E-state index contributed by atoms with van der Waals surface area (Å²) >= 11 is 3.95. The number of hydrogen-bond acceptors (Lipinski definition) is 3. The van der Waals surface area contributed by atoms with Crippen LogP contribution in [0.3, 0.4) is 0 Å². The van der Waals surface area contributed by atoms with Crippen LogP contribution in [0.5, 0.6) is 0 Å². The van der Waals surface area contributed by atoms with Crippen molar-refractivity contribution in [2.45, 2.75) is 49.7 Å². The van der Waals surface area contributed by atoms with Gasteiger partial charge in [-0.25, -0.2) is 4.99 Å². The number of fused-ring (bicyclic) bond motifs is 1. The molecule has 0 aromatic heterocycles. The fourth-order valence-electron chi connectivity index (χ4n) is 2.04. The van der Waals surface area contributed by atoms with Gasteiger partial charge >= 0.3 is 0 Å². The molecule has 0 radical (unpaired) electrons. The van der Waals surface area contributed by atoms with Crippen LogP contribution in [0.4, 0.5) is 5.69 Å². The summed E-state index contributed by atoms with van der Waals surface area (Å²) in [5.41, 5.74) is 1.17. The van der Waals surface area contributed by atoms with Crippen molar-refractivity contribution in [3.63, 3.8) is 0 Å². The van der Waals surface area contributed by atoms with Gasteiger partial charge in [-0.2, -0.15) is 0 Å². The Morgan fingerprint density at radius 3 is 2.89 bits per heavy atom. The minimum absolute atomic E-state index is 0.696. The van der Waals surface area contributed by atoms with Crippen LogP contribution in [0.15, 0.2) is 34.2 Å². The molecule has 18 heavy (non-hydrogen) atoms. The lowest BCUT2D eigenvalue weighted by molar-refractivity contribution is 0.763. The molecule has 0 aliphatic carbocycles. The first-order valence-corrected chi connectivity index (χ1v) is 8.66. The molecule has 0 amide bonds. The summed E-state index contributed by atoms with van der Waals surface area (Å²) in [6.45, 7) is 4.50. The summed E-state index contributed by atoms with van der Waals surface area (Å²) in [5.74, 6) is 1.19. The lowest BCUT2D eigenvalue weighted by atomic mass is 10.2. The first-order valence-electron chi connectivity index (χ1n) is 6.79. The van der Waals surface area contributed by atoms with Gasteiger partial charge in [-0.1, -0.05) is 32.4 Å². The molecule has 1 aromatic carbocycles. The first-order chi connectivity index (χ1) is 8.83. The van der Waals surface area contributed by atoms with Crippen LogP contribution in [0.25, 0.3) is 0 Å². The predicted octanol–water partition coefficient (Wildman–Crippen LogP) is 5.52. The van der Waals surface area contributed by atoms with Gasteiger partial charge in [-0.15, -0.1) is 23.5 Å². The Labute approximate surface area is 119 Å². The Bertz CT molecular complexity index is 415. The molecule has 1 atom stereocenters. The number of aliphatic imine (C=N–C) groups is 1. The standard InChI is InChI=1S/C15H21NS2/c1-3-7-12-11-15(17-10-4-2)16-13-8-5-6-9-14(13)18-12/h5-6,8-9,12H,3-4,7,10-11H2,1-2H3. The maximum absolute atomic E-state index is 4.87. The van der Waals surface area contributed by atoms with E-state index in [9.17, 15) is 0 Å². The molecule has 0 spiro atoms. The normalized spacial score (nSPS) is 19.0. The van der Waals surface area contributed by atoms with Crippen molar-refractivity contribution in [1.82, 2.24) is 0 Å². The Morgan fingerprint density at radius 2 is 2.11 bits per heavy atom. The highest BCUT2D eigenvalue weighted by molar-refractivity contribution is 8.14. The maximum atomic E-state index is 4.87. The van der Waals surface area contributed by atoms with E-state index in [1.54, 1.807) is 0 Å². The molecular weight excluding hydrogens is 258 g/mol. The monoisotopic (exact) mass is 279 g/mol. The zero-order valence-electron chi connectivity index (χ0n) is 11.2. The Morgan fingerprint density at radius 1 is 1.28 bits per heavy atom.